The summed E-state index contributed by atoms with van der Waals surface area (Å²) in [5, 5.41) is 13.8. The van der Waals surface area contributed by atoms with E-state index in [0.717, 1.165) is 6.08 Å². The molecule has 5 nitrogen and oxygen atoms in total. The molecule has 114 valence electrons. The van der Waals surface area contributed by atoms with Crippen molar-refractivity contribution >= 4 is 18.1 Å². The average Bonchev–Trinajstić information content (AvgIpc) is 2.34. The van der Waals surface area contributed by atoms with Crippen molar-refractivity contribution in [2.45, 2.75) is 32.9 Å². The normalized spacial score (nSPS) is 11.4. The summed E-state index contributed by atoms with van der Waals surface area (Å²) in [5.41, 5.74) is 0.452. The van der Waals surface area contributed by atoms with E-state index in [1.165, 1.54) is 24.3 Å². The smallest absolute Gasteiger partial charge is 0.328 e. The highest BCUT2D eigenvalue weighted by atomic mass is 19.1. The van der Waals surface area contributed by atoms with E-state index < -0.39 is 17.8 Å². The van der Waals surface area contributed by atoms with Gasteiger partial charge in [0.15, 0.2) is 0 Å². The van der Waals surface area contributed by atoms with Gasteiger partial charge in [0, 0.05) is 23.7 Å². The minimum atomic E-state index is -1.08. The fourth-order valence-electron chi connectivity index (χ4n) is 1.56. The Hall–Kier alpha value is -2.37. The second kappa shape index (κ2) is 6.88. The lowest BCUT2D eigenvalue weighted by Crippen LogP contribution is -2.46. The third kappa shape index (κ3) is 6.56. The predicted molar refractivity (Wildman–Crippen MR) is 78.2 cm³/mol. The maximum atomic E-state index is 13.6. The van der Waals surface area contributed by atoms with Gasteiger partial charge in [-0.05, 0) is 44.5 Å². The third-order valence-electron chi connectivity index (χ3n) is 2.42. The molecule has 0 unspecified atom stereocenters. The van der Waals surface area contributed by atoms with Crippen molar-refractivity contribution in [3.8, 4) is 0 Å². The molecule has 1 aromatic carbocycles. The van der Waals surface area contributed by atoms with Crippen molar-refractivity contribution in [3.05, 3.63) is 41.2 Å². The molecule has 0 bridgehead atoms. The Bertz CT molecular complexity index is 563. The van der Waals surface area contributed by atoms with Crippen molar-refractivity contribution in [2.75, 3.05) is 0 Å². The van der Waals surface area contributed by atoms with Crippen LogP contribution in [-0.2, 0) is 11.3 Å². The number of aliphatic carboxylic acids is 1. The Morgan fingerprint density at radius 2 is 2.00 bits per heavy atom. The monoisotopic (exact) mass is 294 g/mol. The van der Waals surface area contributed by atoms with Gasteiger partial charge in [0.1, 0.15) is 5.82 Å². The standard InChI is InChI=1S/C15H19FN2O3/c1-15(2,3)18-14(21)17-9-11-8-10(4-6-12(11)16)5-7-13(19)20/h4-8H,9H2,1-3H3,(H,19,20)(H2,17,18,21). The van der Waals surface area contributed by atoms with Crippen molar-refractivity contribution < 1.29 is 19.1 Å². The number of carboxylic acid groups (broad SMARTS) is 1. The quantitative estimate of drug-likeness (QED) is 0.747. The Morgan fingerprint density at radius 1 is 1.33 bits per heavy atom. The highest BCUT2D eigenvalue weighted by Crippen LogP contribution is 2.12. The van der Waals surface area contributed by atoms with Crippen molar-refractivity contribution in [3.63, 3.8) is 0 Å². The van der Waals surface area contributed by atoms with Crippen LogP contribution >= 0.6 is 0 Å². The second-order valence-electron chi connectivity index (χ2n) is 5.58. The Morgan fingerprint density at radius 3 is 2.57 bits per heavy atom. The van der Waals surface area contributed by atoms with Gasteiger partial charge in [0.25, 0.3) is 0 Å². The minimum absolute atomic E-state index is 0.0164. The summed E-state index contributed by atoms with van der Waals surface area (Å²) in [6.07, 6.45) is 2.33. The summed E-state index contributed by atoms with van der Waals surface area (Å²) in [6, 6.07) is 3.80. The summed E-state index contributed by atoms with van der Waals surface area (Å²) in [4.78, 5) is 22.1. The Labute approximate surface area is 122 Å². The highest BCUT2D eigenvalue weighted by molar-refractivity contribution is 5.85. The van der Waals surface area contributed by atoms with Gasteiger partial charge >= 0.3 is 12.0 Å². The fraction of sp³-hybridized carbons (Fsp3) is 0.333. The van der Waals surface area contributed by atoms with E-state index in [2.05, 4.69) is 10.6 Å². The van der Waals surface area contributed by atoms with Crippen LogP contribution < -0.4 is 10.6 Å². The van der Waals surface area contributed by atoms with Gasteiger partial charge in [-0.3, -0.25) is 0 Å². The molecule has 0 heterocycles. The lowest BCUT2D eigenvalue weighted by molar-refractivity contribution is -0.131. The molecule has 0 radical (unpaired) electrons. The molecule has 3 N–H and O–H groups in total. The van der Waals surface area contributed by atoms with Gasteiger partial charge in [0.05, 0.1) is 0 Å². The maximum Gasteiger partial charge on any atom is 0.328 e. The number of carbonyl (C=O) groups excluding carboxylic acids is 1. The number of hydrogen-bond acceptors (Lipinski definition) is 2. The van der Waals surface area contributed by atoms with Crippen LogP contribution in [0.4, 0.5) is 9.18 Å². The van der Waals surface area contributed by atoms with Crippen LogP contribution in [0.5, 0.6) is 0 Å². The molecule has 0 aliphatic heterocycles. The van der Waals surface area contributed by atoms with Crippen molar-refractivity contribution in [1.82, 2.24) is 10.6 Å². The van der Waals surface area contributed by atoms with Gasteiger partial charge in [-0.2, -0.15) is 0 Å². The van der Waals surface area contributed by atoms with Crippen LogP contribution in [-0.4, -0.2) is 22.6 Å². The SMILES string of the molecule is CC(C)(C)NC(=O)NCc1cc(C=CC(=O)O)ccc1F. The molecule has 0 saturated heterocycles. The molecule has 0 saturated carbocycles. The summed E-state index contributed by atoms with van der Waals surface area (Å²) >= 11 is 0. The van der Waals surface area contributed by atoms with Crippen LogP contribution in [0.1, 0.15) is 31.9 Å². The number of amides is 2. The molecule has 0 atom stereocenters. The van der Waals surface area contributed by atoms with E-state index in [0.29, 0.717) is 5.56 Å². The first kappa shape index (κ1) is 16.7. The lowest BCUT2D eigenvalue weighted by Gasteiger charge is -2.20. The third-order valence-corrected chi connectivity index (χ3v) is 2.42. The molecule has 0 aliphatic carbocycles. The van der Waals surface area contributed by atoms with E-state index in [4.69, 9.17) is 5.11 Å². The highest BCUT2D eigenvalue weighted by Gasteiger charge is 2.13. The molecule has 0 aliphatic rings. The zero-order chi connectivity index (χ0) is 16.0. The van der Waals surface area contributed by atoms with E-state index >= 15 is 0 Å². The first-order valence-corrected chi connectivity index (χ1v) is 6.43. The molecule has 0 spiro atoms. The number of carbonyl (C=O) groups is 2. The molecule has 6 heteroatoms. The van der Waals surface area contributed by atoms with Crippen LogP contribution in [0.3, 0.4) is 0 Å². The first-order chi connectivity index (χ1) is 9.67. The van der Waals surface area contributed by atoms with Gasteiger partial charge in [-0.1, -0.05) is 6.07 Å². The number of hydrogen-bond donors (Lipinski definition) is 3. The minimum Gasteiger partial charge on any atom is -0.478 e. The zero-order valence-corrected chi connectivity index (χ0v) is 12.2. The number of rotatable bonds is 4. The van der Waals surface area contributed by atoms with Crippen molar-refractivity contribution in [1.29, 1.82) is 0 Å². The average molecular weight is 294 g/mol. The number of carboxylic acids is 1. The van der Waals surface area contributed by atoms with E-state index in [1.54, 1.807) is 0 Å². The summed E-state index contributed by atoms with van der Waals surface area (Å²) < 4.78 is 13.6. The van der Waals surface area contributed by atoms with Gasteiger partial charge < -0.3 is 15.7 Å². The van der Waals surface area contributed by atoms with E-state index in [9.17, 15) is 14.0 Å². The Kier molecular flexibility index (Phi) is 5.46. The van der Waals surface area contributed by atoms with Gasteiger partial charge in [-0.15, -0.1) is 0 Å². The number of halogens is 1. The number of benzene rings is 1. The molecular formula is C15H19FN2O3. The van der Waals surface area contributed by atoms with Crippen LogP contribution in [0, 0.1) is 5.82 Å². The molecule has 0 fully saturated rings. The lowest BCUT2D eigenvalue weighted by atomic mass is 10.1. The molecule has 21 heavy (non-hydrogen) atoms. The molecule has 1 aromatic rings. The predicted octanol–water partition coefficient (Wildman–Crippen LogP) is 2.52. The molecule has 0 aromatic heterocycles. The van der Waals surface area contributed by atoms with Gasteiger partial charge in [0.2, 0.25) is 0 Å². The zero-order valence-electron chi connectivity index (χ0n) is 12.2. The number of nitrogens with one attached hydrogen (secondary N) is 2. The summed E-state index contributed by atoms with van der Waals surface area (Å²) in [7, 11) is 0. The van der Waals surface area contributed by atoms with E-state index in [1.807, 2.05) is 20.8 Å². The largest absolute Gasteiger partial charge is 0.478 e. The maximum absolute atomic E-state index is 13.6. The number of urea groups is 1. The topological polar surface area (TPSA) is 78.4 Å². The molecule has 1 rings (SSSR count). The van der Waals surface area contributed by atoms with Crippen LogP contribution in [0.15, 0.2) is 24.3 Å². The van der Waals surface area contributed by atoms with Gasteiger partial charge in [-0.25, -0.2) is 14.0 Å². The van der Waals surface area contributed by atoms with Crippen LogP contribution in [0.25, 0.3) is 6.08 Å². The second-order valence-corrected chi connectivity index (χ2v) is 5.58. The Balaban J connectivity index is 2.72. The van der Waals surface area contributed by atoms with Crippen LogP contribution in [0.2, 0.25) is 0 Å². The first-order valence-electron chi connectivity index (χ1n) is 6.43. The molecule has 2 amide bonds. The molecular weight excluding hydrogens is 275 g/mol. The summed E-state index contributed by atoms with van der Waals surface area (Å²) in [5.74, 6) is -1.54. The fourth-order valence-corrected chi connectivity index (χ4v) is 1.56. The van der Waals surface area contributed by atoms with Crippen molar-refractivity contribution in [2.24, 2.45) is 0 Å². The van der Waals surface area contributed by atoms with E-state index in [-0.39, 0.29) is 17.6 Å². The summed E-state index contributed by atoms with van der Waals surface area (Å²) in [6.45, 7) is 5.53.